The highest BCUT2D eigenvalue weighted by atomic mass is 35.5. The summed E-state index contributed by atoms with van der Waals surface area (Å²) in [6.07, 6.45) is 0.773. The van der Waals surface area contributed by atoms with Crippen LogP contribution in [-0.2, 0) is 0 Å². The fourth-order valence-corrected chi connectivity index (χ4v) is 3.21. The summed E-state index contributed by atoms with van der Waals surface area (Å²) in [5, 5.41) is 5.99. The molecule has 1 aromatic heterocycles. The standard InChI is InChI=1S/C14H16ClNOS/c1-9(15)7-10(2)16-14(17)12-8-18-13-6-4-3-5-11(12)13/h3-6,8-10H,7H2,1-2H3,(H,16,17). The minimum absolute atomic E-state index is 0.0164. The van der Waals surface area contributed by atoms with E-state index in [4.69, 9.17) is 11.6 Å². The zero-order valence-electron chi connectivity index (χ0n) is 10.4. The molecule has 0 spiro atoms. The van der Waals surface area contributed by atoms with Crippen LogP contribution < -0.4 is 5.32 Å². The lowest BCUT2D eigenvalue weighted by Crippen LogP contribution is -2.33. The predicted molar refractivity (Wildman–Crippen MR) is 78.7 cm³/mol. The van der Waals surface area contributed by atoms with Gasteiger partial charge in [0.2, 0.25) is 0 Å². The summed E-state index contributed by atoms with van der Waals surface area (Å²) in [7, 11) is 0. The fourth-order valence-electron chi connectivity index (χ4n) is 2.00. The van der Waals surface area contributed by atoms with Gasteiger partial charge >= 0.3 is 0 Å². The van der Waals surface area contributed by atoms with Gasteiger partial charge in [0.25, 0.3) is 5.91 Å². The quantitative estimate of drug-likeness (QED) is 0.842. The zero-order chi connectivity index (χ0) is 13.1. The Kier molecular flexibility index (Phi) is 4.25. The second-order valence-electron chi connectivity index (χ2n) is 4.54. The molecule has 0 aliphatic heterocycles. The number of carbonyl (C=O) groups is 1. The third kappa shape index (κ3) is 3.03. The van der Waals surface area contributed by atoms with Gasteiger partial charge in [0.1, 0.15) is 0 Å². The van der Waals surface area contributed by atoms with Crippen LogP contribution in [0.1, 0.15) is 30.6 Å². The van der Waals surface area contributed by atoms with Crippen LogP contribution in [0.4, 0.5) is 0 Å². The Bertz CT molecular complexity index is 549. The minimum Gasteiger partial charge on any atom is -0.349 e. The summed E-state index contributed by atoms with van der Waals surface area (Å²) in [6, 6.07) is 8.04. The second kappa shape index (κ2) is 5.72. The molecule has 0 aliphatic rings. The third-order valence-corrected chi connectivity index (χ3v) is 3.92. The lowest BCUT2D eigenvalue weighted by molar-refractivity contribution is 0.0940. The zero-order valence-corrected chi connectivity index (χ0v) is 12.0. The molecule has 2 aromatic rings. The summed E-state index contributed by atoms with van der Waals surface area (Å²) in [5.41, 5.74) is 0.754. The van der Waals surface area contributed by atoms with Gasteiger partial charge in [-0.15, -0.1) is 22.9 Å². The average molecular weight is 282 g/mol. The van der Waals surface area contributed by atoms with Gasteiger partial charge in [-0.3, -0.25) is 4.79 Å². The van der Waals surface area contributed by atoms with Gasteiger partial charge in [-0.25, -0.2) is 0 Å². The highest BCUT2D eigenvalue weighted by Gasteiger charge is 2.15. The summed E-state index contributed by atoms with van der Waals surface area (Å²) >= 11 is 7.52. The molecular formula is C14H16ClNOS. The van der Waals surface area contributed by atoms with Crippen LogP contribution in [0.3, 0.4) is 0 Å². The number of benzene rings is 1. The van der Waals surface area contributed by atoms with Crippen LogP contribution in [0.25, 0.3) is 10.1 Å². The summed E-state index contributed by atoms with van der Waals surface area (Å²) in [5.74, 6) is -0.0164. The normalized spacial score (nSPS) is 14.4. The number of thiophene rings is 1. The molecular weight excluding hydrogens is 266 g/mol. The van der Waals surface area contributed by atoms with E-state index in [-0.39, 0.29) is 17.3 Å². The molecule has 2 nitrogen and oxygen atoms in total. The van der Waals surface area contributed by atoms with Crippen molar-refractivity contribution in [2.24, 2.45) is 0 Å². The molecule has 1 N–H and O–H groups in total. The largest absolute Gasteiger partial charge is 0.349 e. The van der Waals surface area contributed by atoms with Gasteiger partial charge in [0.05, 0.1) is 5.56 Å². The van der Waals surface area contributed by atoms with Crippen molar-refractivity contribution in [3.8, 4) is 0 Å². The van der Waals surface area contributed by atoms with E-state index in [1.165, 1.54) is 0 Å². The highest BCUT2D eigenvalue weighted by molar-refractivity contribution is 7.17. The molecule has 0 aliphatic carbocycles. The monoisotopic (exact) mass is 281 g/mol. The van der Waals surface area contributed by atoms with Gasteiger partial charge in [0, 0.05) is 26.9 Å². The van der Waals surface area contributed by atoms with Crippen molar-refractivity contribution >= 4 is 38.9 Å². The molecule has 0 saturated carbocycles. The first-order chi connectivity index (χ1) is 8.58. The van der Waals surface area contributed by atoms with Gasteiger partial charge in [-0.1, -0.05) is 18.2 Å². The van der Waals surface area contributed by atoms with Crippen LogP contribution in [0.2, 0.25) is 0 Å². The third-order valence-electron chi connectivity index (χ3n) is 2.78. The smallest absolute Gasteiger partial charge is 0.252 e. The molecule has 0 saturated heterocycles. The number of carbonyl (C=O) groups excluding carboxylic acids is 1. The molecule has 1 aromatic carbocycles. The molecule has 2 unspecified atom stereocenters. The van der Waals surface area contributed by atoms with E-state index in [1.54, 1.807) is 11.3 Å². The number of nitrogens with one attached hydrogen (secondary N) is 1. The maximum atomic E-state index is 12.2. The van der Waals surface area contributed by atoms with E-state index in [0.29, 0.717) is 0 Å². The van der Waals surface area contributed by atoms with Crippen molar-refractivity contribution in [1.82, 2.24) is 5.32 Å². The van der Waals surface area contributed by atoms with Gasteiger partial charge in [-0.2, -0.15) is 0 Å². The molecule has 4 heteroatoms. The van der Waals surface area contributed by atoms with E-state index in [1.807, 2.05) is 43.5 Å². The van der Waals surface area contributed by atoms with Crippen molar-refractivity contribution in [2.45, 2.75) is 31.7 Å². The minimum atomic E-state index is -0.0164. The number of halogens is 1. The molecule has 2 atom stereocenters. The first-order valence-electron chi connectivity index (χ1n) is 5.99. The number of fused-ring (bicyclic) bond motifs is 1. The Morgan fingerprint density at radius 2 is 2.11 bits per heavy atom. The number of rotatable bonds is 4. The van der Waals surface area contributed by atoms with Crippen LogP contribution >= 0.6 is 22.9 Å². The number of hydrogen-bond acceptors (Lipinski definition) is 2. The Labute approximate surface area is 116 Å². The van der Waals surface area contributed by atoms with Gasteiger partial charge in [-0.05, 0) is 26.3 Å². The Morgan fingerprint density at radius 3 is 2.83 bits per heavy atom. The molecule has 18 heavy (non-hydrogen) atoms. The van der Waals surface area contributed by atoms with Crippen molar-refractivity contribution in [2.75, 3.05) is 0 Å². The summed E-state index contributed by atoms with van der Waals surface area (Å²) in [4.78, 5) is 12.2. The van der Waals surface area contributed by atoms with E-state index in [2.05, 4.69) is 5.32 Å². The van der Waals surface area contributed by atoms with Crippen LogP contribution in [0, 0.1) is 0 Å². The fraction of sp³-hybridized carbons (Fsp3) is 0.357. The Morgan fingerprint density at radius 1 is 1.39 bits per heavy atom. The highest BCUT2D eigenvalue weighted by Crippen LogP contribution is 2.25. The van der Waals surface area contributed by atoms with Crippen molar-refractivity contribution in [1.29, 1.82) is 0 Å². The second-order valence-corrected chi connectivity index (χ2v) is 6.19. The average Bonchev–Trinajstić information content (AvgIpc) is 2.71. The molecule has 0 radical (unpaired) electrons. The predicted octanol–water partition coefficient (Wildman–Crippen LogP) is 4.04. The number of amides is 1. The Hall–Kier alpha value is -1.06. The van der Waals surface area contributed by atoms with E-state index >= 15 is 0 Å². The molecule has 1 amide bonds. The molecule has 1 heterocycles. The van der Waals surface area contributed by atoms with Crippen LogP contribution in [0.5, 0.6) is 0 Å². The Balaban J connectivity index is 2.14. The maximum Gasteiger partial charge on any atom is 0.252 e. The number of alkyl halides is 1. The van der Waals surface area contributed by atoms with Gasteiger partial charge in [0.15, 0.2) is 0 Å². The van der Waals surface area contributed by atoms with Crippen molar-refractivity contribution in [3.05, 3.63) is 35.2 Å². The molecule has 2 rings (SSSR count). The lowest BCUT2D eigenvalue weighted by Gasteiger charge is -2.14. The summed E-state index contributed by atoms with van der Waals surface area (Å²) in [6.45, 7) is 3.91. The van der Waals surface area contributed by atoms with E-state index in [9.17, 15) is 4.79 Å². The van der Waals surface area contributed by atoms with Crippen LogP contribution in [-0.4, -0.2) is 17.3 Å². The van der Waals surface area contributed by atoms with E-state index in [0.717, 1.165) is 22.1 Å². The molecule has 96 valence electrons. The van der Waals surface area contributed by atoms with Crippen molar-refractivity contribution in [3.63, 3.8) is 0 Å². The first kappa shape index (κ1) is 13.4. The number of hydrogen-bond donors (Lipinski definition) is 1. The van der Waals surface area contributed by atoms with Gasteiger partial charge < -0.3 is 5.32 Å². The molecule has 0 bridgehead atoms. The van der Waals surface area contributed by atoms with E-state index < -0.39 is 0 Å². The topological polar surface area (TPSA) is 29.1 Å². The lowest BCUT2D eigenvalue weighted by atomic mass is 10.1. The molecule has 0 fully saturated rings. The van der Waals surface area contributed by atoms with Crippen LogP contribution in [0.15, 0.2) is 29.6 Å². The van der Waals surface area contributed by atoms with Crippen molar-refractivity contribution < 1.29 is 4.79 Å². The SMILES string of the molecule is CC(Cl)CC(C)NC(=O)c1csc2ccccc12. The summed E-state index contributed by atoms with van der Waals surface area (Å²) < 4.78 is 1.14. The maximum absolute atomic E-state index is 12.2. The first-order valence-corrected chi connectivity index (χ1v) is 7.30.